The average Bonchev–Trinajstić information content (AvgIpc) is 3.71. The largest absolute Gasteiger partial charge is 0.309 e. The monoisotopic (exact) mass is 814 g/mol. The van der Waals surface area contributed by atoms with Crippen LogP contribution in [0, 0.1) is 0 Å². The maximum Gasteiger partial charge on any atom is 0.0541 e. The van der Waals surface area contributed by atoms with Gasteiger partial charge in [-0.15, -0.1) is 0 Å². The summed E-state index contributed by atoms with van der Waals surface area (Å²) in [4.78, 5) is 2.49. The van der Waals surface area contributed by atoms with Crippen LogP contribution >= 0.6 is 0 Å². The second-order valence-electron chi connectivity index (χ2n) is 16.5. The van der Waals surface area contributed by atoms with E-state index in [4.69, 9.17) is 0 Å². The lowest BCUT2D eigenvalue weighted by Gasteiger charge is -2.30. The first kappa shape index (κ1) is 37.3. The lowest BCUT2D eigenvalue weighted by molar-refractivity contribution is 1.18. The summed E-state index contributed by atoms with van der Waals surface area (Å²) < 4.78 is 2.40. The molecule has 0 saturated carbocycles. The molecule has 12 rings (SSSR count). The van der Waals surface area contributed by atoms with E-state index in [2.05, 4.69) is 264 Å². The van der Waals surface area contributed by atoms with Crippen LogP contribution in [0.25, 0.3) is 93.5 Å². The highest BCUT2D eigenvalue weighted by atomic mass is 15.1. The van der Waals surface area contributed by atoms with E-state index in [9.17, 15) is 0 Å². The third kappa shape index (κ3) is 6.44. The Hall–Kier alpha value is -8.46. The molecule has 0 aliphatic rings. The van der Waals surface area contributed by atoms with Crippen LogP contribution in [-0.2, 0) is 0 Å². The highest BCUT2D eigenvalue weighted by Crippen LogP contribution is 2.48. The van der Waals surface area contributed by atoms with Gasteiger partial charge < -0.3 is 9.47 Å². The van der Waals surface area contributed by atoms with Gasteiger partial charge in [0.2, 0.25) is 0 Å². The first-order valence-corrected chi connectivity index (χ1v) is 22.0. The van der Waals surface area contributed by atoms with Gasteiger partial charge in [0.05, 0.1) is 22.4 Å². The number of rotatable bonds is 8. The quantitative estimate of drug-likeness (QED) is 0.148. The third-order valence-corrected chi connectivity index (χ3v) is 12.8. The van der Waals surface area contributed by atoms with Gasteiger partial charge in [-0.1, -0.05) is 200 Å². The topological polar surface area (TPSA) is 8.17 Å². The Balaban J connectivity index is 1.12. The van der Waals surface area contributed by atoms with Gasteiger partial charge in [-0.05, 0) is 110 Å². The summed E-state index contributed by atoms with van der Waals surface area (Å²) in [5.74, 6) is 0. The molecule has 0 saturated heterocycles. The molecule has 300 valence electrons. The van der Waals surface area contributed by atoms with Crippen LogP contribution in [0.4, 0.5) is 17.1 Å². The lowest BCUT2D eigenvalue weighted by Crippen LogP contribution is -2.12. The van der Waals surface area contributed by atoms with E-state index in [0.29, 0.717) is 0 Å². The fourth-order valence-corrected chi connectivity index (χ4v) is 9.84. The van der Waals surface area contributed by atoms with Crippen LogP contribution in [0.15, 0.2) is 255 Å². The van der Waals surface area contributed by atoms with Crippen LogP contribution in [0.1, 0.15) is 0 Å². The molecule has 0 atom stereocenters. The standard InChI is InChI=1S/C62H42N2/c1-3-19-43(20-4-1)47-39-48(46-25-17-26-49(40-46)63-60-35-15-12-31-57(60)58-32-13-16-36-61(58)63)42-50(41-47)64(59-34-14-11-28-52(59)45-21-5-2-6-22-45)62-38-37-55(54-29-9-10-30-56(54)62)53-33-18-24-44-23-7-8-27-51(44)53/h1-42H. The van der Waals surface area contributed by atoms with Gasteiger partial charge in [0.15, 0.2) is 0 Å². The van der Waals surface area contributed by atoms with Crippen LogP contribution in [0.3, 0.4) is 0 Å². The minimum absolute atomic E-state index is 1.07. The lowest BCUT2D eigenvalue weighted by atomic mass is 9.92. The number of fused-ring (bicyclic) bond motifs is 5. The summed E-state index contributed by atoms with van der Waals surface area (Å²) in [6.45, 7) is 0. The molecule has 1 aromatic heterocycles. The van der Waals surface area contributed by atoms with Crippen molar-refractivity contribution in [3.8, 4) is 50.2 Å². The van der Waals surface area contributed by atoms with Gasteiger partial charge in [-0.2, -0.15) is 0 Å². The molecule has 0 aliphatic carbocycles. The van der Waals surface area contributed by atoms with E-state index in [0.717, 1.165) is 56.1 Å². The second kappa shape index (κ2) is 15.8. The van der Waals surface area contributed by atoms with Crippen molar-refractivity contribution in [3.63, 3.8) is 0 Å². The van der Waals surface area contributed by atoms with Crippen molar-refractivity contribution in [2.24, 2.45) is 0 Å². The van der Waals surface area contributed by atoms with Crippen molar-refractivity contribution in [3.05, 3.63) is 255 Å². The summed E-state index contributed by atoms with van der Waals surface area (Å²) >= 11 is 0. The molecule has 0 spiro atoms. The van der Waals surface area contributed by atoms with Gasteiger partial charge in [0.1, 0.15) is 0 Å². The molecule has 0 N–H and O–H groups in total. The van der Waals surface area contributed by atoms with Gasteiger partial charge >= 0.3 is 0 Å². The van der Waals surface area contributed by atoms with E-state index >= 15 is 0 Å². The Kier molecular flexibility index (Phi) is 9.20. The summed E-state index contributed by atoms with van der Waals surface area (Å²) in [5.41, 5.74) is 16.2. The summed E-state index contributed by atoms with van der Waals surface area (Å²) in [6.07, 6.45) is 0. The zero-order valence-electron chi connectivity index (χ0n) is 35.1. The van der Waals surface area contributed by atoms with Crippen LogP contribution in [0.2, 0.25) is 0 Å². The summed E-state index contributed by atoms with van der Waals surface area (Å²) in [6, 6.07) is 92.9. The van der Waals surface area contributed by atoms with Gasteiger partial charge in [0.25, 0.3) is 0 Å². The number of anilines is 3. The molecule has 2 heteroatoms. The Labute approximate surface area is 373 Å². The number of nitrogens with zero attached hydrogens (tertiary/aromatic N) is 2. The molecule has 12 aromatic rings. The normalized spacial score (nSPS) is 11.4. The second-order valence-corrected chi connectivity index (χ2v) is 16.5. The van der Waals surface area contributed by atoms with Crippen molar-refractivity contribution in [2.75, 3.05) is 4.90 Å². The van der Waals surface area contributed by atoms with Gasteiger partial charge in [-0.3, -0.25) is 0 Å². The Morgan fingerprint density at radius 3 is 1.53 bits per heavy atom. The molecule has 0 bridgehead atoms. The van der Waals surface area contributed by atoms with E-state index in [1.54, 1.807) is 0 Å². The fourth-order valence-electron chi connectivity index (χ4n) is 9.84. The van der Waals surface area contributed by atoms with Crippen LogP contribution in [-0.4, -0.2) is 4.57 Å². The molecule has 0 unspecified atom stereocenters. The highest BCUT2D eigenvalue weighted by Gasteiger charge is 2.23. The molecule has 64 heavy (non-hydrogen) atoms. The van der Waals surface area contributed by atoms with Crippen molar-refractivity contribution in [1.29, 1.82) is 0 Å². The molecule has 1 heterocycles. The van der Waals surface area contributed by atoms with Crippen molar-refractivity contribution in [2.45, 2.75) is 0 Å². The van der Waals surface area contributed by atoms with Crippen molar-refractivity contribution >= 4 is 60.4 Å². The number of hydrogen-bond acceptors (Lipinski definition) is 1. The first-order chi connectivity index (χ1) is 31.8. The molecule has 0 radical (unpaired) electrons. The number of benzene rings is 11. The molecule has 11 aromatic carbocycles. The SMILES string of the molecule is c1ccc(-c2cc(-c3cccc(-n4c5ccccc5c5ccccc54)c3)cc(N(c3ccccc3-c3ccccc3)c3ccc(-c4cccc5ccccc45)c4ccccc34)c2)cc1. The van der Waals surface area contributed by atoms with Gasteiger partial charge in [0, 0.05) is 33.1 Å². The molecule has 0 aliphatic heterocycles. The Morgan fingerprint density at radius 2 is 0.781 bits per heavy atom. The van der Waals surface area contributed by atoms with E-state index in [-0.39, 0.29) is 0 Å². The van der Waals surface area contributed by atoms with Crippen LogP contribution < -0.4 is 4.90 Å². The molecule has 2 nitrogen and oxygen atoms in total. The minimum Gasteiger partial charge on any atom is -0.309 e. The van der Waals surface area contributed by atoms with Crippen molar-refractivity contribution < 1.29 is 0 Å². The predicted octanol–water partition coefficient (Wildman–Crippen LogP) is 17.2. The number of aromatic nitrogens is 1. The molecular weight excluding hydrogens is 773 g/mol. The number of hydrogen-bond donors (Lipinski definition) is 0. The molecule has 0 amide bonds. The zero-order valence-corrected chi connectivity index (χ0v) is 35.1. The Morgan fingerprint density at radius 1 is 0.266 bits per heavy atom. The molecule has 0 fully saturated rings. The Bertz CT molecular complexity index is 3620. The fraction of sp³-hybridized carbons (Fsp3) is 0. The predicted molar refractivity (Wildman–Crippen MR) is 272 cm³/mol. The maximum atomic E-state index is 2.49. The highest BCUT2D eigenvalue weighted by molar-refractivity contribution is 6.12. The summed E-state index contributed by atoms with van der Waals surface area (Å²) in [7, 11) is 0. The third-order valence-electron chi connectivity index (χ3n) is 12.8. The van der Waals surface area contributed by atoms with E-state index in [1.165, 1.54) is 54.5 Å². The van der Waals surface area contributed by atoms with E-state index in [1.807, 2.05) is 0 Å². The van der Waals surface area contributed by atoms with Gasteiger partial charge in [-0.25, -0.2) is 0 Å². The smallest absolute Gasteiger partial charge is 0.0541 e. The summed E-state index contributed by atoms with van der Waals surface area (Å²) in [5, 5.41) is 7.37. The first-order valence-electron chi connectivity index (χ1n) is 22.0. The van der Waals surface area contributed by atoms with Crippen LogP contribution in [0.5, 0.6) is 0 Å². The average molecular weight is 815 g/mol. The minimum atomic E-state index is 1.07. The van der Waals surface area contributed by atoms with E-state index < -0.39 is 0 Å². The number of para-hydroxylation sites is 3. The maximum absolute atomic E-state index is 2.49. The molecular formula is C62H42N2. The zero-order chi connectivity index (χ0) is 42.4. The van der Waals surface area contributed by atoms with Crippen molar-refractivity contribution in [1.82, 2.24) is 4.57 Å².